The number of carbonyl (C=O) groups excluding carboxylic acids is 2. The van der Waals surface area contributed by atoms with Crippen molar-refractivity contribution in [1.82, 2.24) is 15.5 Å². The minimum Gasteiger partial charge on any atom is -0.348 e. The van der Waals surface area contributed by atoms with Crippen molar-refractivity contribution in [2.45, 2.75) is 33.1 Å². The molecule has 0 aliphatic rings. The number of rotatable bonds is 6. The number of nitrogens with one attached hydrogen (secondary N) is 2. The fourth-order valence-electron chi connectivity index (χ4n) is 2.09. The standard InChI is InChI=1S/C16H20N4O3/c1-3-12-7-4-5-8-13(12)19-16(22)15(21)17-10-6-9-14-18-11(2)20-23-14/h4-5,7-8H,3,6,9-10H2,1-2H3,(H,17,21)(H,19,22). The van der Waals surface area contributed by atoms with Crippen molar-refractivity contribution in [3.8, 4) is 0 Å². The van der Waals surface area contributed by atoms with E-state index in [1.54, 1.807) is 13.0 Å². The van der Waals surface area contributed by atoms with Crippen molar-refractivity contribution < 1.29 is 14.1 Å². The number of anilines is 1. The number of hydrogen-bond acceptors (Lipinski definition) is 5. The molecule has 23 heavy (non-hydrogen) atoms. The van der Waals surface area contributed by atoms with Crippen molar-refractivity contribution in [3.63, 3.8) is 0 Å². The predicted molar refractivity (Wildman–Crippen MR) is 84.8 cm³/mol. The molecule has 0 saturated carbocycles. The summed E-state index contributed by atoms with van der Waals surface area (Å²) >= 11 is 0. The molecule has 122 valence electrons. The van der Waals surface area contributed by atoms with Gasteiger partial charge in [-0.2, -0.15) is 4.98 Å². The number of amides is 2. The molecule has 2 amide bonds. The summed E-state index contributed by atoms with van der Waals surface area (Å²) in [6.07, 6.45) is 1.95. The first-order valence-electron chi connectivity index (χ1n) is 7.56. The minimum atomic E-state index is -0.667. The third-order valence-corrected chi connectivity index (χ3v) is 3.28. The van der Waals surface area contributed by atoms with Crippen LogP contribution in [0.15, 0.2) is 28.8 Å². The maximum atomic E-state index is 11.9. The van der Waals surface area contributed by atoms with Crippen LogP contribution in [0, 0.1) is 6.92 Å². The zero-order valence-electron chi connectivity index (χ0n) is 13.3. The molecule has 7 heteroatoms. The highest BCUT2D eigenvalue weighted by Gasteiger charge is 2.14. The van der Waals surface area contributed by atoms with Crippen LogP contribution < -0.4 is 10.6 Å². The summed E-state index contributed by atoms with van der Waals surface area (Å²) in [7, 11) is 0. The molecule has 0 radical (unpaired) electrons. The lowest BCUT2D eigenvalue weighted by Crippen LogP contribution is -2.36. The van der Waals surface area contributed by atoms with Gasteiger partial charge in [-0.05, 0) is 31.4 Å². The number of hydrogen-bond donors (Lipinski definition) is 2. The average molecular weight is 316 g/mol. The monoisotopic (exact) mass is 316 g/mol. The molecule has 0 aliphatic carbocycles. The fourth-order valence-corrected chi connectivity index (χ4v) is 2.09. The van der Waals surface area contributed by atoms with Crippen LogP contribution in [0.5, 0.6) is 0 Å². The van der Waals surface area contributed by atoms with E-state index in [-0.39, 0.29) is 0 Å². The lowest BCUT2D eigenvalue weighted by atomic mass is 10.1. The van der Waals surface area contributed by atoms with Gasteiger partial charge in [0.1, 0.15) is 0 Å². The van der Waals surface area contributed by atoms with Gasteiger partial charge in [-0.25, -0.2) is 0 Å². The van der Waals surface area contributed by atoms with Crippen LogP contribution in [0.2, 0.25) is 0 Å². The molecule has 1 heterocycles. The summed E-state index contributed by atoms with van der Waals surface area (Å²) in [6.45, 7) is 4.10. The number of aryl methyl sites for hydroxylation is 3. The van der Waals surface area contributed by atoms with Crippen LogP contribution in [0.25, 0.3) is 0 Å². The normalized spacial score (nSPS) is 10.3. The van der Waals surface area contributed by atoms with E-state index in [0.717, 1.165) is 12.0 Å². The number of nitrogens with zero attached hydrogens (tertiary/aromatic N) is 2. The predicted octanol–water partition coefficient (Wildman–Crippen LogP) is 1.63. The number of para-hydroxylation sites is 1. The Balaban J connectivity index is 1.75. The second kappa shape index (κ2) is 8.07. The lowest BCUT2D eigenvalue weighted by molar-refractivity contribution is -0.136. The SMILES string of the molecule is CCc1ccccc1NC(=O)C(=O)NCCCc1nc(C)no1. The number of carbonyl (C=O) groups is 2. The Morgan fingerprint density at radius 1 is 1.22 bits per heavy atom. The molecule has 1 aromatic carbocycles. The molecule has 1 aromatic heterocycles. The van der Waals surface area contributed by atoms with E-state index in [1.807, 2.05) is 25.1 Å². The molecular formula is C16H20N4O3. The largest absolute Gasteiger partial charge is 0.348 e. The van der Waals surface area contributed by atoms with Crippen molar-refractivity contribution >= 4 is 17.5 Å². The maximum Gasteiger partial charge on any atom is 0.313 e. The highest BCUT2D eigenvalue weighted by Crippen LogP contribution is 2.15. The first-order valence-corrected chi connectivity index (χ1v) is 7.56. The Kier molecular flexibility index (Phi) is 5.85. The molecule has 2 rings (SSSR count). The molecule has 0 saturated heterocycles. The molecular weight excluding hydrogens is 296 g/mol. The van der Waals surface area contributed by atoms with Crippen LogP contribution in [-0.2, 0) is 22.4 Å². The van der Waals surface area contributed by atoms with Crippen LogP contribution in [0.1, 0.15) is 30.6 Å². The summed E-state index contributed by atoms with van der Waals surface area (Å²) in [5.74, 6) is -0.215. The lowest BCUT2D eigenvalue weighted by Gasteiger charge is -2.09. The van der Waals surface area contributed by atoms with E-state index >= 15 is 0 Å². The third kappa shape index (κ3) is 4.91. The van der Waals surface area contributed by atoms with E-state index < -0.39 is 11.8 Å². The minimum absolute atomic E-state index is 0.364. The molecule has 2 aromatic rings. The molecule has 0 atom stereocenters. The van der Waals surface area contributed by atoms with E-state index in [0.29, 0.717) is 36.8 Å². The van der Waals surface area contributed by atoms with Crippen LogP contribution in [0.4, 0.5) is 5.69 Å². The second-order valence-electron chi connectivity index (χ2n) is 5.06. The summed E-state index contributed by atoms with van der Waals surface area (Å²) in [6, 6.07) is 7.41. The second-order valence-corrected chi connectivity index (χ2v) is 5.06. The number of benzene rings is 1. The molecule has 0 bridgehead atoms. The van der Waals surface area contributed by atoms with Crippen molar-refractivity contribution in [3.05, 3.63) is 41.5 Å². The molecule has 0 unspecified atom stereocenters. The Hall–Kier alpha value is -2.70. The smallest absolute Gasteiger partial charge is 0.313 e. The van der Waals surface area contributed by atoms with Crippen molar-refractivity contribution in [2.75, 3.05) is 11.9 Å². The summed E-state index contributed by atoms with van der Waals surface area (Å²) in [4.78, 5) is 27.7. The Morgan fingerprint density at radius 3 is 2.70 bits per heavy atom. The Labute approximate surface area is 134 Å². The topological polar surface area (TPSA) is 97.1 Å². The highest BCUT2D eigenvalue weighted by atomic mass is 16.5. The van der Waals surface area contributed by atoms with Crippen LogP contribution in [-0.4, -0.2) is 28.5 Å². The van der Waals surface area contributed by atoms with E-state index in [1.165, 1.54) is 0 Å². The van der Waals surface area contributed by atoms with E-state index in [9.17, 15) is 9.59 Å². The van der Waals surface area contributed by atoms with Gasteiger partial charge in [-0.15, -0.1) is 0 Å². The maximum absolute atomic E-state index is 11.9. The van der Waals surface area contributed by atoms with Crippen LogP contribution in [0.3, 0.4) is 0 Å². The Morgan fingerprint density at radius 2 is 2.00 bits per heavy atom. The number of aromatic nitrogens is 2. The fraction of sp³-hybridized carbons (Fsp3) is 0.375. The molecule has 0 aliphatic heterocycles. The van der Waals surface area contributed by atoms with Crippen molar-refractivity contribution in [1.29, 1.82) is 0 Å². The van der Waals surface area contributed by atoms with Crippen LogP contribution >= 0.6 is 0 Å². The van der Waals surface area contributed by atoms with Gasteiger partial charge in [0.15, 0.2) is 5.82 Å². The summed E-state index contributed by atoms with van der Waals surface area (Å²) in [5, 5.41) is 8.89. The first-order chi connectivity index (χ1) is 11.1. The summed E-state index contributed by atoms with van der Waals surface area (Å²) < 4.78 is 4.97. The van der Waals surface area contributed by atoms with Gasteiger partial charge < -0.3 is 15.2 Å². The Bertz CT molecular complexity index is 681. The van der Waals surface area contributed by atoms with Gasteiger partial charge in [-0.1, -0.05) is 30.3 Å². The first kappa shape index (κ1) is 16.7. The van der Waals surface area contributed by atoms with E-state index in [2.05, 4.69) is 20.8 Å². The van der Waals surface area contributed by atoms with Gasteiger partial charge >= 0.3 is 11.8 Å². The quantitative estimate of drug-likeness (QED) is 0.623. The molecule has 0 fully saturated rings. The van der Waals surface area contributed by atoms with E-state index in [4.69, 9.17) is 4.52 Å². The van der Waals surface area contributed by atoms with Gasteiger partial charge in [0.05, 0.1) is 0 Å². The van der Waals surface area contributed by atoms with Gasteiger partial charge in [-0.3, -0.25) is 9.59 Å². The molecule has 7 nitrogen and oxygen atoms in total. The van der Waals surface area contributed by atoms with Gasteiger partial charge in [0.2, 0.25) is 5.89 Å². The third-order valence-electron chi connectivity index (χ3n) is 3.28. The van der Waals surface area contributed by atoms with Crippen molar-refractivity contribution in [2.24, 2.45) is 0 Å². The zero-order chi connectivity index (χ0) is 16.7. The molecule has 0 spiro atoms. The molecule has 2 N–H and O–H groups in total. The zero-order valence-corrected chi connectivity index (χ0v) is 13.3. The van der Waals surface area contributed by atoms with Gasteiger partial charge in [0, 0.05) is 18.7 Å². The van der Waals surface area contributed by atoms with Gasteiger partial charge in [0.25, 0.3) is 0 Å². The highest BCUT2D eigenvalue weighted by molar-refractivity contribution is 6.39. The average Bonchev–Trinajstić information content (AvgIpc) is 2.97. The summed E-state index contributed by atoms with van der Waals surface area (Å²) in [5.41, 5.74) is 1.65.